The summed E-state index contributed by atoms with van der Waals surface area (Å²) in [4.78, 5) is 22.6. The van der Waals surface area contributed by atoms with Crippen molar-refractivity contribution in [2.45, 2.75) is 32.5 Å². The van der Waals surface area contributed by atoms with Crippen LogP contribution in [0.25, 0.3) is 11.4 Å². The molecule has 2 N–H and O–H groups in total. The van der Waals surface area contributed by atoms with Gasteiger partial charge in [0.2, 0.25) is 0 Å². The highest BCUT2D eigenvalue weighted by Crippen LogP contribution is 2.33. The number of anilines is 1. The Morgan fingerprint density at radius 2 is 2.13 bits per heavy atom. The monoisotopic (exact) mass is 326 g/mol. The lowest BCUT2D eigenvalue weighted by Crippen LogP contribution is -2.30. The number of ketones is 1. The summed E-state index contributed by atoms with van der Waals surface area (Å²) in [7, 11) is 0. The molecule has 2 aromatic rings. The average molecular weight is 326 g/mol. The minimum absolute atomic E-state index is 0.0998. The van der Waals surface area contributed by atoms with Gasteiger partial charge in [0, 0.05) is 23.9 Å². The van der Waals surface area contributed by atoms with Crippen molar-refractivity contribution in [1.29, 1.82) is 0 Å². The average Bonchev–Trinajstić information content (AvgIpc) is 2.99. The summed E-state index contributed by atoms with van der Waals surface area (Å²) in [6.45, 7) is 2.07. The lowest BCUT2D eigenvalue weighted by molar-refractivity contribution is -0.167. The highest BCUT2D eigenvalue weighted by atomic mass is 19.4. The Bertz CT molecular complexity index is 789. The van der Waals surface area contributed by atoms with Crippen molar-refractivity contribution in [2.24, 2.45) is 0 Å². The van der Waals surface area contributed by atoms with E-state index in [0.717, 1.165) is 0 Å². The van der Waals surface area contributed by atoms with Crippen LogP contribution in [0.1, 0.15) is 29.3 Å². The molecule has 6 nitrogen and oxygen atoms in total. The zero-order chi connectivity index (χ0) is 16.8. The zero-order valence-corrected chi connectivity index (χ0v) is 12.1. The van der Waals surface area contributed by atoms with Gasteiger partial charge in [0.15, 0.2) is 11.6 Å². The first-order valence-electron chi connectivity index (χ1n) is 6.94. The lowest BCUT2D eigenvalue weighted by Gasteiger charge is -2.07. The highest BCUT2D eigenvalue weighted by molar-refractivity contribution is 5.97. The number of aromatic amines is 1. The number of fused-ring (bicyclic) bond motifs is 3. The van der Waals surface area contributed by atoms with E-state index in [9.17, 15) is 22.8 Å². The van der Waals surface area contributed by atoms with Crippen LogP contribution in [0.3, 0.4) is 0 Å². The number of nitrogens with one attached hydrogen (secondary N) is 2. The molecule has 1 amide bonds. The normalized spacial score (nSPS) is 13.9. The first-order valence-corrected chi connectivity index (χ1v) is 6.94. The molecule has 0 atom stereocenters. The minimum Gasteiger partial charge on any atom is -0.345 e. The van der Waals surface area contributed by atoms with Crippen LogP contribution in [-0.2, 0) is 17.8 Å². The SMILES string of the molecule is CC(=O)c1cc2n(c1)CCCc1c(NC(=O)C(F)(F)F)n[nH]c1-2. The van der Waals surface area contributed by atoms with Gasteiger partial charge < -0.3 is 9.88 Å². The molecule has 2 aromatic heterocycles. The fourth-order valence-electron chi connectivity index (χ4n) is 2.63. The third-order valence-corrected chi connectivity index (χ3v) is 3.74. The van der Waals surface area contributed by atoms with Crippen LogP contribution >= 0.6 is 0 Å². The number of amides is 1. The molecule has 23 heavy (non-hydrogen) atoms. The quantitative estimate of drug-likeness (QED) is 0.832. The maximum Gasteiger partial charge on any atom is 0.471 e. The van der Waals surface area contributed by atoms with E-state index >= 15 is 0 Å². The molecule has 122 valence electrons. The molecule has 0 unspecified atom stereocenters. The number of nitrogens with zero attached hydrogens (tertiary/aromatic N) is 2. The van der Waals surface area contributed by atoms with Crippen molar-refractivity contribution in [3.8, 4) is 11.4 Å². The van der Waals surface area contributed by atoms with E-state index in [1.807, 2.05) is 4.57 Å². The summed E-state index contributed by atoms with van der Waals surface area (Å²) in [5.41, 5.74) is 2.22. The molecular weight excluding hydrogens is 313 g/mol. The second-order valence-corrected chi connectivity index (χ2v) is 5.34. The van der Waals surface area contributed by atoms with Gasteiger partial charge in [-0.25, -0.2) is 0 Å². The smallest absolute Gasteiger partial charge is 0.345 e. The molecule has 1 aliphatic heterocycles. The third kappa shape index (κ3) is 2.73. The van der Waals surface area contributed by atoms with Gasteiger partial charge >= 0.3 is 12.1 Å². The zero-order valence-electron chi connectivity index (χ0n) is 12.1. The largest absolute Gasteiger partial charge is 0.471 e. The van der Waals surface area contributed by atoms with E-state index in [1.54, 1.807) is 17.6 Å². The number of halogens is 3. The van der Waals surface area contributed by atoms with Gasteiger partial charge in [-0.3, -0.25) is 14.7 Å². The van der Waals surface area contributed by atoms with Crippen LogP contribution in [0.5, 0.6) is 0 Å². The van der Waals surface area contributed by atoms with Crippen molar-refractivity contribution in [1.82, 2.24) is 14.8 Å². The van der Waals surface area contributed by atoms with Crippen LogP contribution in [0.4, 0.5) is 19.0 Å². The summed E-state index contributed by atoms with van der Waals surface area (Å²) in [5.74, 6) is -2.28. The molecule has 9 heteroatoms. The van der Waals surface area contributed by atoms with Gasteiger partial charge in [0.05, 0.1) is 11.4 Å². The fourth-order valence-corrected chi connectivity index (χ4v) is 2.63. The Hall–Kier alpha value is -2.58. The fraction of sp³-hybridized carbons (Fsp3) is 0.357. The molecule has 1 aliphatic rings. The Morgan fingerprint density at radius 1 is 1.39 bits per heavy atom. The number of hydrogen-bond donors (Lipinski definition) is 2. The molecule has 0 spiro atoms. The van der Waals surface area contributed by atoms with E-state index in [4.69, 9.17) is 0 Å². The Kier molecular flexibility index (Phi) is 3.50. The maximum absolute atomic E-state index is 12.4. The number of alkyl halides is 3. The Labute approximate surface area is 128 Å². The van der Waals surface area contributed by atoms with Crippen LogP contribution in [0.15, 0.2) is 12.3 Å². The van der Waals surface area contributed by atoms with Crippen LogP contribution in [0.2, 0.25) is 0 Å². The molecule has 3 heterocycles. The van der Waals surface area contributed by atoms with Crippen molar-refractivity contribution in [2.75, 3.05) is 5.32 Å². The van der Waals surface area contributed by atoms with Crippen LogP contribution < -0.4 is 5.32 Å². The predicted molar refractivity (Wildman–Crippen MR) is 75.0 cm³/mol. The Balaban J connectivity index is 2.00. The predicted octanol–water partition coefficient (Wildman–Crippen LogP) is 2.53. The van der Waals surface area contributed by atoms with E-state index in [0.29, 0.717) is 41.9 Å². The highest BCUT2D eigenvalue weighted by Gasteiger charge is 2.39. The van der Waals surface area contributed by atoms with Gasteiger partial charge in [0.1, 0.15) is 0 Å². The summed E-state index contributed by atoms with van der Waals surface area (Å²) in [6.07, 6.45) is -2.14. The standard InChI is InChI=1S/C14H13F3N4O2/c1-7(22)8-5-10-11-9(3-2-4-21(10)6-8)12(20-19-11)18-13(23)14(15,16)17/h5-6H,2-4H2,1H3,(H2,18,19,20,23). The van der Waals surface area contributed by atoms with E-state index in [2.05, 4.69) is 10.2 Å². The molecule has 0 saturated heterocycles. The number of aryl methyl sites for hydroxylation is 1. The van der Waals surface area contributed by atoms with Gasteiger partial charge in [-0.05, 0) is 25.8 Å². The minimum atomic E-state index is -4.97. The van der Waals surface area contributed by atoms with E-state index in [1.165, 1.54) is 6.92 Å². The first-order chi connectivity index (χ1) is 10.8. The summed E-state index contributed by atoms with van der Waals surface area (Å²) in [6, 6.07) is 1.67. The van der Waals surface area contributed by atoms with Crippen molar-refractivity contribution in [3.05, 3.63) is 23.4 Å². The topological polar surface area (TPSA) is 79.8 Å². The number of H-pyrrole nitrogens is 1. The molecule has 0 saturated carbocycles. The summed E-state index contributed by atoms with van der Waals surface area (Å²) >= 11 is 0. The van der Waals surface area contributed by atoms with E-state index in [-0.39, 0.29) is 11.6 Å². The number of Topliss-reactive ketones (excluding diaryl/α,β-unsaturated/α-hetero) is 1. The molecule has 0 aromatic carbocycles. The van der Waals surface area contributed by atoms with Gasteiger partial charge in [-0.2, -0.15) is 18.3 Å². The second-order valence-electron chi connectivity index (χ2n) is 5.34. The maximum atomic E-state index is 12.4. The second kappa shape index (κ2) is 5.25. The Morgan fingerprint density at radius 3 is 2.78 bits per heavy atom. The van der Waals surface area contributed by atoms with Gasteiger partial charge in [-0.15, -0.1) is 0 Å². The molecule has 3 rings (SSSR count). The van der Waals surface area contributed by atoms with Crippen molar-refractivity contribution in [3.63, 3.8) is 0 Å². The first kappa shape index (κ1) is 15.3. The summed E-state index contributed by atoms with van der Waals surface area (Å²) < 4.78 is 39.0. The molecule has 0 radical (unpaired) electrons. The van der Waals surface area contributed by atoms with Gasteiger partial charge in [0.25, 0.3) is 0 Å². The number of hydrogen-bond acceptors (Lipinski definition) is 3. The lowest BCUT2D eigenvalue weighted by atomic mass is 10.1. The molecular formula is C14H13F3N4O2. The third-order valence-electron chi connectivity index (χ3n) is 3.74. The number of carbonyl (C=O) groups excluding carboxylic acids is 2. The van der Waals surface area contributed by atoms with Crippen molar-refractivity contribution < 1.29 is 22.8 Å². The molecule has 0 fully saturated rings. The number of rotatable bonds is 2. The van der Waals surface area contributed by atoms with E-state index < -0.39 is 12.1 Å². The summed E-state index contributed by atoms with van der Waals surface area (Å²) in [5, 5.41) is 8.25. The van der Waals surface area contributed by atoms with Crippen LogP contribution in [0, 0.1) is 0 Å². The number of carbonyl (C=O) groups is 2. The van der Waals surface area contributed by atoms with Crippen LogP contribution in [-0.4, -0.2) is 32.6 Å². The van der Waals surface area contributed by atoms with Crippen molar-refractivity contribution >= 4 is 17.5 Å². The number of aromatic nitrogens is 3. The van der Waals surface area contributed by atoms with Gasteiger partial charge in [-0.1, -0.05) is 0 Å². The molecule has 0 aliphatic carbocycles. The molecule has 0 bridgehead atoms.